The molecular weight excluding hydrogens is 262 g/mol. The van der Waals surface area contributed by atoms with Crippen molar-refractivity contribution in [1.82, 2.24) is 4.98 Å². The smallest absolute Gasteiger partial charge is 0.408 e. The van der Waals surface area contributed by atoms with E-state index in [0.717, 1.165) is 23.8 Å². The third-order valence-electron chi connectivity index (χ3n) is 3.67. The van der Waals surface area contributed by atoms with Crippen molar-refractivity contribution in [2.75, 3.05) is 17.3 Å². The van der Waals surface area contributed by atoms with Crippen molar-refractivity contribution in [3.8, 4) is 0 Å². The summed E-state index contributed by atoms with van der Waals surface area (Å²) in [6, 6.07) is 3.99. The van der Waals surface area contributed by atoms with E-state index >= 15 is 0 Å². The van der Waals surface area contributed by atoms with Crippen LogP contribution in [-0.4, -0.2) is 22.5 Å². The van der Waals surface area contributed by atoms with Crippen molar-refractivity contribution in [2.24, 2.45) is 0 Å². The van der Waals surface area contributed by atoms with Crippen molar-refractivity contribution in [3.63, 3.8) is 0 Å². The monoisotopic (exact) mass is 279 g/mol. The molecule has 6 heteroatoms. The highest BCUT2D eigenvalue weighted by atomic mass is 32.2. The second-order valence-electron chi connectivity index (χ2n) is 4.96. The van der Waals surface area contributed by atoms with Gasteiger partial charge in [-0.15, -0.1) is 0 Å². The molecule has 1 aromatic heterocycles. The number of aromatic amines is 1. The van der Waals surface area contributed by atoms with E-state index in [1.54, 1.807) is 6.07 Å². The third kappa shape index (κ3) is 2.45. The number of nitrogen functional groups attached to an aromatic ring is 1. The van der Waals surface area contributed by atoms with Gasteiger partial charge >= 0.3 is 5.76 Å². The Hall–Kier alpha value is -1.56. The van der Waals surface area contributed by atoms with Crippen LogP contribution in [0.3, 0.4) is 0 Å². The SMILES string of the molecule is CSC1CCC(Nc2cc3[nH]c(=O)oc3cc2N)C1. The lowest BCUT2D eigenvalue weighted by molar-refractivity contribution is 0.555. The average Bonchev–Trinajstić information content (AvgIpc) is 2.95. The molecule has 2 unspecified atom stereocenters. The van der Waals surface area contributed by atoms with Gasteiger partial charge in [0.05, 0.1) is 16.9 Å². The zero-order valence-electron chi connectivity index (χ0n) is 10.7. The highest BCUT2D eigenvalue weighted by Gasteiger charge is 2.24. The van der Waals surface area contributed by atoms with Crippen LogP contribution in [0.25, 0.3) is 11.1 Å². The molecule has 0 amide bonds. The summed E-state index contributed by atoms with van der Waals surface area (Å²) < 4.78 is 4.99. The van der Waals surface area contributed by atoms with Gasteiger partial charge in [0.2, 0.25) is 0 Å². The summed E-state index contributed by atoms with van der Waals surface area (Å²) in [5.74, 6) is -0.449. The molecule has 102 valence electrons. The number of hydrogen-bond donors (Lipinski definition) is 3. The van der Waals surface area contributed by atoms with Crippen LogP contribution in [0.5, 0.6) is 0 Å². The summed E-state index contributed by atoms with van der Waals surface area (Å²) in [7, 11) is 0. The molecule has 1 aliphatic carbocycles. The Morgan fingerprint density at radius 2 is 2.32 bits per heavy atom. The second-order valence-corrected chi connectivity index (χ2v) is 6.10. The number of nitrogens with one attached hydrogen (secondary N) is 2. The number of anilines is 2. The van der Waals surface area contributed by atoms with Gasteiger partial charge in [-0.25, -0.2) is 4.79 Å². The molecule has 1 aliphatic rings. The number of thioether (sulfide) groups is 1. The summed E-state index contributed by atoms with van der Waals surface area (Å²) in [4.78, 5) is 13.8. The van der Waals surface area contributed by atoms with Gasteiger partial charge in [-0.1, -0.05) is 0 Å². The molecular formula is C13H17N3O2S. The van der Waals surface area contributed by atoms with E-state index in [0.29, 0.717) is 22.8 Å². The van der Waals surface area contributed by atoms with Crippen molar-refractivity contribution in [3.05, 3.63) is 22.7 Å². The number of fused-ring (bicyclic) bond motifs is 1. The van der Waals surface area contributed by atoms with E-state index in [-0.39, 0.29) is 0 Å². The minimum Gasteiger partial charge on any atom is -0.408 e. The Morgan fingerprint density at radius 1 is 1.47 bits per heavy atom. The zero-order chi connectivity index (χ0) is 13.4. The Balaban J connectivity index is 1.84. The lowest BCUT2D eigenvalue weighted by Gasteiger charge is -2.15. The van der Waals surface area contributed by atoms with E-state index in [4.69, 9.17) is 10.2 Å². The fourth-order valence-electron chi connectivity index (χ4n) is 2.64. The number of H-pyrrole nitrogens is 1. The van der Waals surface area contributed by atoms with Crippen molar-refractivity contribution in [2.45, 2.75) is 30.6 Å². The summed E-state index contributed by atoms with van der Waals surface area (Å²) >= 11 is 1.92. The third-order valence-corrected chi connectivity index (χ3v) is 4.76. The largest absolute Gasteiger partial charge is 0.417 e. The second kappa shape index (κ2) is 4.85. The minimum atomic E-state index is -0.449. The van der Waals surface area contributed by atoms with Crippen molar-refractivity contribution in [1.29, 1.82) is 0 Å². The summed E-state index contributed by atoms with van der Waals surface area (Å²) in [5, 5.41) is 4.21. The van der Waals surface area contributed by atoms with Gasteiger partial charge in [-0.2, -0.15) is 11.8 Å². The van der Waals surface area contributed by atoms with Crippen LogP contribution in [0, 0.1) is 0 Å². The normalized spacial score (nSPS) is 23.0. The summed E-state index contributed by atoms with van der Waals surface area (Å²) in [6.07, 6.45) is 5.71. The summed E-state index contributed by atoms with van der Waals surface area (Å²) in [5.41, 5.74) is 8.67. The zero-order valence-corrected chi connectivity index (χ0v) is 11.5. The molecule has 2 atom stereocenters. The quantitative estimate of drug-likeness (QED) is 0.751. The maximum absolute atomic E-state index is 11.2. The molecule has 4 N–H and O–H groups in total. The van der Waals surface area contributed by atoms with Crippen LogP contribution in [0.2, 0.25) is 0 Å². The molecule has 1 heterocycles. The maximum Gasteiger partial charge on any atom is 0.417 e. The highest BCUT2D eigenvalue weighted by Crippen LogP contribution is 2.32. The summed E-state index contributed by atoms with van der Waals surface area (Å²) in [6.45, 7) is 0. The lowest BCUT2D eigenvalue weighted by Crippen LogP contribution is -2.16. The van der Waals surface area contributed by atoms with Crippen molar-refractivity contribution < 1.29 is 4.42 Å². The molecule has 0 saturated heterocycles. The van der Waals surface area contributed by atoms with E-state index < -0.39 is 5.76 Å². The number of hydrogen-bond acceptors (Lipinski definition) is 5. The molecule has 3 rings (SSSR count). The van der Waals surface area contributed by atoms with Crippen LogP contribution >= 0.6 is 11.8 Å². The molecule has 1 saturated carbocycles. The standard InChI is InChI=1S/C13H17N3O2S/c1-19-8-3-2-7(4-8)15-10-6-11-12(5-9(10)14)18-13(17)16-11/h5-8,15H,2-4,14H2,1H3,(H,16,17). The number of rotatable bonds is 3. The van der Waals surface area contributed by atoms with Gasteiger partial charge in [0.1, 0.15) is 0 Å². The predicted molar refractivity (Wildman–Crippen MR) is 79.8 cm³/mol. The van der Waals surface area contributed by atoms with Crippen LogP contribution < -0.4 is 16.8 Å². The van der Waals surface area contributed by atoms with Crippen molar-refractivity contribution >= 4 is 34.2 Å². The Bertz CT molecular complexity index is 649. The van der Waals surface area contributed by atoms with Gasteiger partial charge in [0.15, 0.2) is 5.58 Å². The van der Waals surface area contributed by atoms with Gasteiger partial charge in [-0.05, 0) is 31.6 Å². The van der Waals surface area contributed by atoms with Crippen LogP contribution in [0.4, 0.5) is 11.4 Å². The molecule has 1 fully saturated rings. The molecule has 1 aromatic carbocycles. The maximum atomic E-state index is 11.2. The Labute approximate surface area is 114 Å². The van der Waals surface area contributed by atoms with Gasteiger partial charge in [0.25, 0.3) is 0 Å². The first-order valence-electron chi connectivity index (χ1n) is 6.37. The highest BCUT2D eigenvalue weighted by molar-refractivity contribution is 7.99. The van der Waals surface area contributed by atoms with Gasteiger partial charge < -0.3 is 15.5 Å². The topological polar surface area (TPSA) is 84.0 Å². The fraction of sp³-hybridized carbons (Fsp3) is 0.462. The first-order valence-corrected chi connectivity index (χ1v) is 7.66. The van der Waals surface area contributed by atoms with Crippen LogP contribution in [0.15, 0.2) is 21.3 Å². The predicted octanol–water partition coefficient (Wildman–Crippen LogP) is 2.40. The number of aromatic nitrogens is 1. The van der Waals surface area contributed by atoms with E-state index in [1.807, 2.05) is 17.8 Å². The number of nitrogens with two attached hydrogens (primary N) is 1. The number of benzene rings is 1. The fourth-order valence-corrected chi connectivity index (χ4v) is 3.44. The van der Waals surface area contributed by atoms with E-state index in [9.17, 15) is 4.79 Å². The van der Waals surface area contributed by atoms with Crippen LogP contribution in [0.1, 0.15) is 19.3 Å². The van der Waals surface area contributed by atoms with Gasteiger partial charge in [-0.3, -0.25) is 4.98 Å². The number of oxazole rings is 1. The van der Waals surface area contributed by atoms with E-state index in [2.05, 4.69) is 16.6 Å². The minimum absolute atomic E-state index is 0.449. The molecule has 0 bridgehead atoms. The molecule has 5 nitrogen and oxygen atoms in total. The molecule has 0 aliphatic heterocycles. The molecule has 0 spiro atoms. The van der Waals surface area contributed by atoms with E-state index in [1.165, 1.54) is 6.42 Å². The lowest BCUT2D eigenvalue weighted by atomic mass is 10.2. The molecule has 0 radical (unpaired) electrons. The van der Waals surface area contributed by atoms with Gasteiger partial charge in [0, 0.05) is 17.4 Å². The first-order chi connectivity index (χ1) is 9.15. The Morgan fingerprint density at radius 3 is 3.05 bits per heavy atom. The molecule has 2 aromatic rings. The first kappa shape index (κ1) is 12.5. The Kier molecular flexibility index (Phi) is 3.18. The molecule has 19 heavy (non-hydrogen) atoms. The average molecular weight is 279 g/mol. The van der Waals surface area contributed by atoms with Crippen LogP contribution in [-0.2, 0) is 0 Å².